The van der Waals surface area contributed by atoms with E-state index in [1.807, 2.05) is 7.05 Å². The van der Waals surface area contributed by atoms with E-state index in [9.17, 15) is 0 Å². The highest BCUT2D eigenvalue weighted by atomic mass is 127. The molecule has 1 atom stereocenters. The molecule has 0 aromatic heterocycles. The smallest absolute Gasteiger partial charge is 0.191 e. The predicted octanol–water partition coefficient (Wildman–Crippen LogP) is 1.06. The summed E-state index contributed by atoms with van der Waals surface area (Å²) in [7, 11) is 1.82. The normalized spacial score (nSPS) is 23.7. The summed E-state index contributed by atoms with van der Waals surface area (Å²) < 4.78 is 11.1. The second kappa shape index (κ2) is 12.3. The molecule has 0 amide bonds. The minimum Gasteiger partial charge on any atom is -0.379 e. The van der Waals surface area contributed by atoms with E-state index in [0.29, 0.717) is 6.10 Å². The minimum atomic E-state index is 0. The number of ether oxygens (including phenoxy) is 2. The number of aliphatic imine (C=N–C) groups is 1. The fourth-order valence-electron chi connectivity index (χ4n) is 2.76. The average Bonchev–Trinajstić information content (AvgIpc) is 2.55. The van der Waals surface area contributed by atoms with Crippen LogP contribution in [0.5, 0.6) is 0 Å². The van der Waals surface area contributed by atoms with Crippen LogP contribution in [0.1, 0.15) is 25.7 Å². The van der Waals surface area contributed by atoms with Crippen LogP contribution in [0.2, 0.25) is 0 Å². The average molecular weight is 426 g/mol. The molecule has 7 heteroatoms. The van der Waals surface area contributed by atoms with Crippen molar-refractivity contribution in [3.63, 3.8) is 0 Å². The Balaban J connectivity index is 0.00000242. The van der Waals surface area contributed by atoms with Gasteiger partial charge in [-0.15, -0.1) is 24.0 Å². The highest BCUT2D eigenvalue weighted by Gasteiger charge is 2.13. The molecule has 0 aliphatic carbocycles. The molecule has 0 spiro atoms. The Morgan fingerprint density at radius 1 is 1.14 bits per heavy atom. The van der Waals surface area contributed by atoms with Crippen LogP contribution in [-0.4, -0.2) is 76.6 Å². The Bertz CT molecular complexity index is 280. The molecule has 0 saturated carbocycles. The van der Waals surface area contributed by atoms with Gasteiger partial charge in [0.1, 0.15) is 0 Å². The van der Waals surface area contributed by atoms with Crippen LogP contribution in [0.4, 0.5) is 0 Å². The number of morpholine rings is 1. The van der Waals surface area contributed by atoms with Crippen molar-refractivity contribution >= 4 is 29.9 Å². The van der Waals surface area contributed by atoms with Crippen molar-refractivity contribution in [2.45, 2.75) is 31.8 Å². The molecule has 0 radical (unpaired) electrons. The summed E-state index contributed by atoms with van der Waals surface area (Å²) in [5.41, 5.74) is 0. The quantitative estimate of drug-likeness (QED) is 0.378. The van der Waals surface area contributed by atoms with E-state index in [2.05, 4.69) is 20.5 Å². The third-order valence-corrected chi connectivity index (χ3v) is 4.08. The molecule has 2 N–H and O–H groups in total. The molecule has 0 aromatic rings. The molecule has 6 nitrogen and oxygen atoms in total. The number of nitrogens with zero attached hydrogens (tertiary/aromatic N) is 2. The van der Waals surface area contributed by atoms with Crippen LogP contribution in [0, 0.1) is 0 Å². The van der Waals surface area contributed by atoms with Crippen molar-refractivity contribution in [3.8, 4) is 0 Å². The van der Waals surface area contributed by atoms with E-state index in [1.165, 1.54) is 19.3 Å². The van der Waals surface area contributed by atoms with Crippen LogP contribution in [0.15, 0.2) is 4.99 Å². The Labute approximate surface area is 151 Å². The first-order valence-electron chi connectivity index (χ1n) is 8.24. The zero-order chi connectivity index (χ0) is 14.8. The lowest BCUT2D eigenvalue weighted by Gasteiger charge is -2.27. The highest BCUT2D eigenvalue weighted by Crippen LogP contribution is 2.14. The van der Waals surface area contributed by atoms with Gasteiger partial charge in [0.25, 0.3) is 0 Å². The second-order valence-corrected chi connectivity index (χ2v) is 5.66. The molecule has 2 saturated heterocycles. The first kappa shape index (κ1) is 19.9. The molecule has 130 valence electrons. The summed E-state index contributed by atoms with van der Waals surface area (Å²) in [5, 5.41) is 6.74. The first-order chi connectivity index (χ1) is 10.4. The van der Waals surface area contributed by atoms with Crippen LogP contribution in [-0.2, 0) is 9.47 Å². The highest BCUT2D eigenvalue weighted by molar-refractivity contribution is 14.0. The molecule has 2 aliphatic heterocycles. The van der Waals surface area contributed by atoms with Crippen molar-refractivity contribution in [2.75, 3.05) is 59.6 Å². The molecule has 2 heterocycles. The maximum atomic E-state index is 5.74. The zero-order valence-electron chi connectivity index (χ0n) is 13.7. The van der Waals surface area contributed by atoms with Crippen molar-refractivity contribution in [2.24, 2.45) is 4.99 Å². The summed E-state index contributed by atoms with van der Waals surface area (Å²) in [6.45, 7) is 7.58. The lowest BCUT2D eigenvalue weighted by Crippen LogP contribution is -2.44. The molecule has 1 unspecified atom stereocenters. The summed E-state index contributed by atoms with van der Waals surface area (Å²) in [5.74, 6) is 0.888. The number of guanidine groups is 1. The standard InChI is InChI=1S/C15H30N4O2.HI/c1-16-15(17-6-5-14-4-2-3-11-21-14)18-7-8-19-9-12-20-13-10-19;/h14H,2-13H2,1H3,(H2,16,17,18);1H. The van der Waals surface area contributed by atoms with Gasteiger partial charge in [0.2, 0.25) is 0 Å². The van der Waals surface area contributed by atoms with Crippen molar-refractivity contribution in [1.82, 2.24) is 15.5 Å². The molecule has 22 heavy (non-hydrogen) atoms. The largest absolute Gasteiger partial charge is 0.379 e. The van der Waals surface area contributed by atoms with Crippen LogP contribution < -0.4 is 10.6 Å². The Kier molecular flexibility index (Phi) is 11.2. The maximum Gasteiger partial charge on any atom is 0.191 e. The molecular formula is C15H31IN4O2. The third-order valence-electron chi connectivity index (χ3n) is 4.08. The van der Waals surface area contributed by atoms with Gasteiger partial charge in [-0.25, -0.2) is 0 Å². The van der Waals surface area contributed by atoms with Gasteiger partial charge in [-0.05, 0) is 25.7 Å². The Morgan fingerprint density at radius 2 is 1.91 bits per heavy atom. The van der Waals surface area contributed by atoms with E-state index in [0.717, 1.165) is 64.9 Å². The number of hydrogen-bond donors (Lipinski definition) is 2. The van der Waals surface area contributed by atoms with Gasteiger partial charge < -0.3 is 20.1 Å². The van der Waals surface area contributed by atoms with E-state index in [1.54, 1.807) is 0 Å². The van der Waals surface area contributed by atoms with E-state index >= 15 is 0 Å². The molecule has 2 aliphatic rings. The molecule has 2 rings (SSSR count). The topological polar surface area (TPSA) is 58.1 Å². The van der Waals surface area contributed by atoms with Gasteiger partial charge in [-0.2, -0.15) is 0 Å². The summed E-state index contributed by atoms with van der Waals surface area (Å²) in [6, 6.07) is 0. The maximum absolute atomic E-state index is 5.74. The van der Waals surface area contributed by atoms with Crippen LogP contribution in [0.25, 0.3) is 0 Å². The molecule has 0 bridgehead atoms. The monoisotopic (exact) mass is 426 g/mol. The Morgan fingerprint density at radius 3 is 2.59 bits per heavy atom. The van der Waals surface area contributed by atoms with E-state index in [-0.39, 0.29) is 24.0 Å². The van der Waals surface area contributed by atoms with E-state index < -0.39 is 0 Å². The summed E-state index contributed by atoms with van der Waals surface area (Å²) in [6.07, 6.45) is 5.21. The van der Waals surface area contributed by atoms with Gasteiger partial charge >= 0.3 is 0 Å². The number of rotatable bonds is 6. The predicted molar refractivity (Wildman–Crippen MR) is 100 cm³/mol. The zero-order valence-corrected chi connectivity index (χ0v) is 16.0. The van der Waals surface area contributed by atoms with Gasteiger partial charge in [-0.1, -0.05) is 0 Å². The van der Waals surface area contributed by atoms with Crippen molar-refractivity contribution in [1.29, 1.82) is 0 Å². The Hall–Kier alpha value is -0.120. The fraction of sp³-hybridized carbons (Fsp3) is 0.933. The van der Waals surface area contributed by atoms with Crippen LogP contribution >= 0.6 is 24.0 Å². The van der Waals surface area contributed by atoms with Crippen LogP contribution in [0.3, 0.4) is 0 Å². The van der Waals surface area contributed by atoms with Gasteiger partial charge in [0.05, 0.1) is 19.3 Å². The number of halogens is 1. The lowest BCUT2D eigenvalue weighted by molar-refractivity contribution is 0.0122. The third kappa shape index (κ3) is 7.94. The van der Waals surface area contributed by atoms with Crippen molar-refractivity contribution < 1.29 is 9.47 Å². The molecule has 2 fully saturated rings. The molecular weight excluding hydrogens is 395 g/mol. The minimum absolute atomic E-state index is 0. The van der Waals surface area contributed by atoms with Crippen molar-refractivity contribution in [3.05, 3.63) is 0 Å². The fourth-order valence-corrected chi connectivity index (χ4v) is 2.76. The number of nitrogens with one attached hydrogen (secondary N) is 2. The number of hydrogen-bond acceptors (Lipinski definition) is 4. The van der Waals surface area contributed by atoms with Gasteiger partial charge in [0.15, 0.2) is 5.96 Å². The second-order valence-electron chi connectivity index (χ2n) is 5.66. The first-order valence-corrected chi connectivity index (χ1v) is 8.24. The lowest BCUT2D eigenvalue weighted by atomic mass is 10.1. The van der Waals surface area contributed by atoms with Gasteiger partial charge in [0, 0.05) is 46.4 Å². The summed E-state index contributed by atoms with van der Waals surface area (Å²) in [4.78, 5) is 6.68. The molecule has 0 aromatic carbocycles. The van der Waals surface area contributed by atoms with E-state index in [4.69, 9.17) is 9.47 Å². The SMILES string of the molecule is CN=C(NCCC1CCCCO1)NCCN1CCOCC1.I. The van der Waals surface area contributed by atoms with Gasteiger partial charge in [-0.3, -0.25) is 9.89 Å². The summed E-state index contributed by atoms with van der Waals surface area (Å²) >= 11 is 0.